The second kappa shape index (κ2) is 4.81. The summed E-state index contributed by atoms with van der Waals surface area (Å²) in [7, 11) is 0. The van der Waals surface area contributed by atoms with Crippen LogP contribution in [0.2, 0.25) is 25.1 Å². The molecule has 0 bridgehead atoms. The van der Waals surface area contributed by atoms with Crippen molar-refractivity contribution in [1.29, 1.82) is 0 Å². The lowest BCUT2D eigenvalue weighted by atomic mass is 10.3. The van der Waals surface area contributed by atoms with Crippen LogP contribution in [0.1, 0.15) is 0 Å². The highest BCUT2D eigenvalue weighted by molar-refractivity contribution is 14.1. The molecule has 7 heteroatoms. The highest BCUT2D eigenvalue weighted by Crippen LogP contribution is 2.48. The minimum absolute atomic E-state index is 0.121. The normalized spacial score (nSPS) is 10.3. The van der Waals surface area contributed by atoms with Crippen LogP contribution < -0.4 is 3.07 Å². The zero-order chi connectivity index (χ0) is 10.2. The smallest absolute Gasteiger partial charge is 0.192 e. The van der Waals surface area contributed by atoms with E-state index in [9.17, 15) is 0 Å². The molecule has 13 heavy (non-hydrogen) atoms. The third kappa shape index (κ3) is 2.24. The Labute approximate surface area is 114 Å². The highest BCUT2D eigenvalue weighted by atomic mass is 127. The topological polar surface area (TPSA) is 9.23 Å². The van der Waals surface area contributed by atoms with Crippen LogP contribution in [-0.2, 0) is 0 Å². The van der Waals surface area contributed by atoms with Gasteiger partial charge in [-0.05, 0) is 0 Å². The third-order valence-electron chi connectivity index (χ3n) is 1.25. The van der Waals surface area contributed by atoms with Crippen LogP contribution in [-0.4, -0.2) is 0 Å². The van der Waals surface area contributed by atoms with Crippen LogP contribution >= 0.6 is 81.0 Å². The summed E-state index contributed by atoms with van der Waals surface area (Å²) in [5.41, 5.74) is 0. The SMILES string of the molecule is Clc1c(Cl)c(Cl)c(OI)c(Cl)c1Cl. The molecule has 0 N–H and O–H groups in total. The minimum Gasteiger partial charge on any atom is -0.424 e. The lowest BCUT2D eigenvalue weighted by Crippen LogP contribution is -1.83. The third-order valence-corrected chi connectivity index (χ3v) is 3.93. The van der Waals surface area contributed by atoms with Crippen LogP contribution in [0.5, 0.6) is 5.75 Å². The summed E-state index contributed by atoms with van der Waals surface area (Å²) >= 11 is 30.4. The highest BCUT2D eigenvalue weighted by Gasteiger charge is 2.19. The first-order valence-electron chi connectivity index (χ1n) is 2.80. The average molecular weight is 392 g/mol. The van der Waals surface area contributed by atoms with Gasteiger partial charge in [-0.3, -0.25) is 0 Å². The number of rotatable bonds is 1. The summed E-state index contributed by atoms with van der Waals surface area (Å²) < 4.78 is 4.87. The zero-order valence-corrected chi connectivity index (χ0v) is 11.6. The zero-order valence-electron chi connectivity index (χ0n) is 5.68. The first-order chi connectivity index (χ1) is 6.00. The number of hydrogen-bond donors (Lipinski definition) is 0. The van der Waals surface area contributed by atoms with Crippen LogP contribution in [0.3, 0.4) is 0 Å². The van der Waals surface area contributed by atoms with Gasteiger partial charge < -0.3 is 3.07 Å². The predicted molar refractivity (Wildman–Crippen MR) is 66.1 cm³/mol. The van der Waals surface area contributed by atoms with E-state index in [4.69, 9.17) is 61.1 Å². The molecule has 0 radical (unpaired) electrons. The molecule has 1 aromatic carbocycles. The Morgan fingerprint density at radius 1 is 0.692 bits per heavy atom. The van der Waals surface area contributed by atoms with E-state index in [1.165, 1.54) is 0 Å². The van der Waals surface area contributed by atoms with E-state index in [0.29, 0.717) is 0 Å². The van der Waals surface area contributed by atoms with E-state index >= 15 is 0 Å². The monoisotopic (exact) mass is 390 g/mol. The van der Waals surface area contributed by atoms with Gasteiger partial charge in [-0.15, -0.1) is 0 Å². The Morgan fingerprint density at radius 2 is 1.00 bits per heavy atom. The van der Waals surface area contributed by atoms with E-state index in [2.05, 4.69) is 0 Å². The molecule has 0 aromatic heterocycles. The Morgan fingerprint density at radius 3 is 1.31 bits per heavy atom. The first kappa shape index (κ1) is 12.3. The molecule has 0 spiro atoms. The molecule has 1 rings (SSSR count). The van der Waals surface area contributed by atoms with E-state index in [-0.39, 0.29) is 30.9 Å². The molecule has 0 aliphatic heterocycles. The maximum Gasteiger partial charge on any atom is 0.192 e. The molecule has 1 aromatic rings. The summed E-state index contributed by atoms with van der Waals surface area (Å²) in [5, 5.41) is 0.676. The average Bonchev–Trinajstić information content (AvgIpc) is 2.13. The van der Waals surface area contributed by atoms with Crippen molar-refractivity contribution in [3.63, 3.8) is 0 Å². The molecule has 72 valence electrons. The summed E-state index contributed by atoms with van der Waals surface area (Å²) in [5.74, 6) is 0.211. The molecular formula is C6Cl5IO. The van der Waals surface area contributed by atoms with Crippen molar-refractivity contribution in [3.8, 4) is 5.75 Å². The van der Waals surface area contributed by atoms with E-state index in [1.807, 2.05) is 0 Å². The van der Waals surface area contributed by atoms with Gasteiger partial charge in [0.25, 0.3) is 0 Å². The van der Waals surface area contributed by atoms with Crippen molar-refractivity contribution in [2.45, 2.75) is 0 Å². The quantitative estimate of drug-likeness (QED) is 0.339. The Balaban J connectivity index is 3.56. The lowest BCUT2D eigenvalue weighted by molar-refractivity contribution is 0.718. The fourth-order valence-corrected chi connectivity index (χ4v) is 2.55. The molecule has 0 aliphatic rings. The molecule has 0 heterocycles. The molecule has 0 amide bonds. The fourth-order valence-electron chi connectivity index (χ4n) is 0.652. The second-order valence-corrected chi connectivity index (χ2v) is 4.31. The first-order valence-corrected chi connectivity index (χ1v) is 5.57. The van der Waals surface area contributed by atoms with Crippen LogP contribution in [0, 0.1) is 0 Å². The molecule has 1 nitrogen and oxygen atoms in total. The van der Waals surface area contributed by atoms with Crippen molar-refractivity contribution < 1.29 is 3.07 Å². The second-order valence-electron chi connectivity index (χ2n) is 1.98. The standard InChI is InChI=1S/C6Cl5IO/c7-1-2(8)4(10)6(13-12)5(11)3(1)9. The largest absolute Gasteiger partial charge is 0.424 e. The number of halogens is 6. The molecule has 0 saturated heterocycles. The van der Waals surface area contributed by atoms with Gasteiger partial charge in [0.1, 0.15) is 10.0 Å². The van der Waals surface area contributed by atoms with Gasteiger partial charge in [-0.1, -0.05) is 58.0 Å². The maximum atomic E-state index is 5.79. The molecule has 0 saturated carbocycles. The van der Waals surface area contributed by atoms with Gasteiger partial charge in [-0.2, -0.15) is 0 Å². The van der Waals surface area contributed by atoms with Crippen molar-refractivity contribution in [2.75, 3.05) is 0 Å². The molecule has 0 atom stereocenters. The van der Waals surface area contributed by atoms with Crippen molar-refractivity contribution >= 4 is 81.0 Å². The van der Waals surface area contributed by atoms with Crippen molar-refractivity contribution in [2.24, 2.45) is 0 Å². The van der Waals surface area contributed by atoms with E-state index in [0.717, 1.165) is 0 Å². The molecule has 0 unspecified atom stereocenters. The van der Waals surface area contributed by atoms with E-state index in [1.54, 1.807) is 23.0 Å². The van der Waals surface area contributed by atoms with Crippen LogP contribution in [0.15, 0.2) is 0 Å². The van der Waals surface area contributed by atoms with Gasteiger partial charge in [0.05, 0.1) is 15.1 Å². The lowest BCUT2D eigenvalue weighted by Gasteiger charge is -2.08. The Bertz CT molecular complexity index is 324. The maximum absolute atomic E-state index is 5.79. The van der Waals surface area contributed by atoms with Gasteiger partial charge in [0.2, 0.25) is 0 Å². The van der Waals surface area contributed by atoms with Crippen molar-refractivity contribution in [3.05, 3.63) is 25.1 Å². The van der Waals surface area contributed by atoms with Crippen molar-refractivity contribution in [1.82, 2.24) is 0 Å². The summed E-state index contributed by atoms with van der Waals surface area (Å²) in [6, 6.07) is 0. The fraction of sp³-hybridized carbons (Fsp3) is 0. The minimum atomic E-state index is 0.121. The van der Waals surface area contributed by atoms with E-state index < -0.39 is 0 Å². The van der Waals surface area contributed by atoms with Gasteiger partial charge in [-0.25, -0.2) is 0 Å². The molecule has 0 aliphatic carbocycles. The predicted octanol–water partition coefficient (Wildman–Crippen LogP) is 5.68. The van der Waals surface area contributed by atoms with Crippen LogP contribution in [0.4, 0.5) is 0 Å². The molecule has 0 fully saturated rings. The number of benzene rings is 1. The number of hydrogen-bond acceptors (Lipinski definition) is 1. The summed E-state index contributed by atoms with van der Waals surface area (Å²) in [4.78, 5) is 0. The van der Waals surface area contributed by atoms with Gasteiger partial charge >= 0.3 is 0 Å². The molecular weight excluding hydrogens is 392 g/mol. The summed E-state index contributed by atoms with van der Waals surface area (Å²) in [6.45, 7) is 0. The Hall–Kier alpha value is 1.20. The van der Waals surface area contributed by atoms with Gasteiger partial charge in [0, 0.05) is 0 Å². The van der Waals surface area contributed by atoms with Gasteiger partial charge in [0.15, 0.2) is 28.8 Å². The summed E-state index contributed by atoms with van der Waals surface area (Å²) in [6.07, 6.45) is 0. The van der Waals surface area contributed by atoms with Crippen LogP contribution in [0.25, 0.3) is 0 Å². The Kier molecular flexibility index (Phi) is 4.54.